The molecule has 0 saturated heterocycles. The van der Waals surface area contributed by atoms with Crippen molar-refractivity contribution >= 4 is 46.3 Å². The molecule has 0 spiro atoms. The third-order valence-corrected chi connectivity index (χ3v) is 11.0. The predicted molar refractivity (Wildman–Crippen MR) is 235 cm³/mol. The van der Waals surface area contributed by atoms with Gasteiger partial charge in [0.1, 0.15) is 36.3 Å². The zero-order chi connectivity index (χ0) is 40.7. The molecule has 2 aliphatic carbocycles. The molecule has 4 heterocycles. The Balaban J connectivity index is 0.000000154. The molecule has 4 N–H and O–H groups in total. The molecule has 0 saturated carbocycles. The van der Waals surface area contributed by atoms with E-state index in [0.29, 0.717) is 61.1 Å². The second-order valence-electron chi connectivity index (χ2n) is 14.7. The van der Waals surface area contributed by atoms with Gasteiger partial charge in [0.2, 0.25) is 23.3 Å². The average Bonchev–Trinajstić information content (AvgIpc) is 3.92. The summed E-state index contributed by atoms with van der Waals surface area (Å²) in [7, 11) is 0. The number of fused-ring (bicyclic) bond motifs is 12. The van der Waals surface area contributed by atoms with Crippen molar-refractivity contribution in [2.75, 3.05) is 47.6 Å². The predicted octanol–water partition coefficient (Wildman–Crippen LogP) is 10.4. The molecule has 296 valence electrons. The van der Waals surface area contributed by atoms with Gasteiger partial charge >= 0.3 is 0 Å². The van der Waals surface area contributed by atoms with Crippen LogP contribution in [0.3, 0.4) is 0 Å². The molecule has 0 radical (unpaired) electrons. The molecule has 10 rings (SSSR count). The topological polar surface area (TPSA) is 127 Å². The van der Waals surface area contributed by atoms with Crippen LogP contribution in [-0.4, -0.2) is 46.2 Å². The maximum atomic E-state index is 7.36. The van der Waals surface area contributed by atoms with Gasteiger partial charge in [0, 0.05) is 47.4 Å². The van der Waals surface area contributed by atoms with Crippen molar-refractivity contribution in [2.24, 2.45) is 0 Å². The zero-order valence-corrected chi connectivity index (χ0v) is 32.9. The van der Waals surface area contributed by atoms with Crippen molar-refractivity contribution in [2.45, 2.75) is 37.5 Å². The molecule has 2 atom stereocenters. The molecule has 2 unspecified atom stereocenters. The first-order valence-corrected chi connectivity index (χ1v) is 20.2. The van der Waals surface area contributed by atoms with E-state index in [4.69, 9.17) is 42.6 Å². The van der Waals surface area contributed by atoms with Crippen molar-refractivity contribution in [1.29, 1.82) is 0 Å². The molecule has 8 bridgehead atoms. The summed E-state index contributed by atoms with van der Waals surface area (Å²) < 4.78 is 11.6. The van der Waals surface area contributed by atoms with E-state index >= 15 is 0 Å². The molecular formula is C48H42N10O2. The maximum absolute atomic E-state index is 7.36. The van der Waals surface area contributed by atoms with Crippen molar-refractivity contribution in [3.63, 3.8) is 0 Å². The van der Waals surface area contributed by atoms with Gasteiger partial charge in [-0.2, -0.15) is 9.97 Å². The van der Waals surface area contributed by atoms with Crippen molar-refractivity contribution in [3.8, 4) is 11.5 Å². The Kier molecular flexibility index (Phi) is 11.0. The number of hydrogen-bond acceptors (Lipinski definition) is 10. The standard InChI is InChI=1S/2C24H21N5O/c2*1-25-20-12-9-17-15-21(20)30-14-6-5-13-26-23-19-11-10-18(16-7-3-2-4-8-16)22(19)28-24(27-17)29-23/h2*2-9,12,15,18H,10-11,13-14H2,(H2,26,27,28,29)/b6-5+;6-5-. The number of benzene rings is 4. The highest BCUT2D eigenvalue weighted by atomic mass is 16.5. The number of hydrogen-bond donors (Lipinski definition) is 4. The van der Waals surface area contributed by atoms with E-state index in [1.165, 1.54) is 22.3 Å². The number of rotatable bonds is 2. The van der Waals surface area contributed by atoms with Crippen LogP contribution in [0, 0.1) is 13.1 Å². The largest absolute Gasteiger partial charge is 0.500 e. The van der Waals surface area contributed by atoms with Crippen LogP contribution >= 0.6 is 0 Å². The Morgan fingerprint density at radius 3 is 1.42 bits per heavy atom. The molecule has 6 aromatic rings. The lowest BCUT2D eigenvalue weighted by atomic mass is 9.97. The molecule has 2 aliphatic heterocycles. The van der Waals surface area contributed by atoms with Gasteiger partial charge in [0.25, 0.3) is 0 Å². The van der Waals surface area contributed by atoms with Crippen LogP contribution in [0.2, 0.25) is 0 Å². The number of ether oxygens (including phenoxy) is 2. The molecule has 12 heteroatoms. The third kappa shape index (κ3) is 8.17. The second-order valence-corrected chi connectivity index (χ2v) is 14.7. The number of nitrogens with one attached hydrogen (secondary N) is 4. The first kappa shape index (κ1) is 37.9. The van der Waals surface area contributed by atoms with E-state index in [1.54, 1.807) is 12.1 Å². The van der Waals surface area contributed by atoms with E-state index in [0.717, 1.165) is 60.1 Å². The summed E-state index contributed by atoms with van der Waals surface area (Å²) in [6.45, 7) is 16.8. The minimum atomic E-state index is 0.264. The van der Waals surface area contributed by atoms with Gasteiger partial charge in [-0.05, 0) is 73.2 Å². The fourth-order valence-corrected chi connectivity index (χ4v) is 8.09. The Hall–Kier alpha value is -7.70. The zero-order valence-electron chi connectivity index (χ0n) is 32.9. The summed E-state index contributed by atoms with van der Waals surface area (Å²) in [4.78, 5) is 26.4. The molecule has 0 fully saturated rings. The van der Waals surface area contributed by atoms with Gasteiger partial charge in [0.05, 0.1) is 24.5 Å². The first-order chi connectivity index (χ1) is 29.6. The minimum absolute atomic E-state index is 0.264. The summed E-state index contributed by atoms with van der Waals surface area (Å²) in [5, 5.41) is 13.5. The Morgan fingerprint density at radius 2 is 0.983 bits per heavy atom. The highest BCUT2D eigenvalue weighted by molar-refractivity contribution is 5.69. The molecule has 4 aromatic carbocycles. The van der Waals surface area contributed by atoms with E-state index in [1.807, 2.05) is 60.7 Å². The van der Waals surface area contributed by atoms with E-state index in [-0.39, 0.29) is 11.8 Å². The van der Waals surface area contributed by atoms with Crippen LogP contribution in [0.15, 0.2) is 121 Å². The van der Waals surface area contributed by atoms with Crippen LogP contribution in [0.5, 0.6) is 11.5 Å². The summed E-state index contributed by atoms with van der Waals surface area (Å²) in [5.41, 5.74) is 9.66. The quantitative estimate of drug-likeness (QED) is 0.0994. The minimum Gasteiger partial charge on any atom is -0.500 e. The Labute approximate surface area is 349 Å². The highest BCUT2D eigenvalue weighted by Crippen LogP contribution is 2.42. The van der Waals surface area contributed by atoms with Crippen molar-refractivity contribution in [1.82, 2.24) is 19.9 Å². The monoisotopic (exact) mass is 790 g/mol. The Morgan fingerprint density at radius 1 is 0.533 bits per heavy atom. The van der Waals surface area contributed by atoms with Gasteiger partial charge in [-0.3, -0.25) is 0 Å². The molecule has 4 aliphatic rings. The number of aromatic nitrogens is 4. The molecule has 60 heavy (non-hydrogen) atoms. The molecular weight excluding hydrogens is 749 g/mol. The third-order valence-electron chi connectivity index (χ3n) is 11.0. The van der Waals surface area contributed by atoms with Gasteiger partial charge in [-0.1, -0.05) is 84.9 Å². The first-order valence-electron chi connectivity index (χ1n) is 20.2. The average molecular weight is 791 g/mol. The lowest BCUT2D eigenvalue weighted by Crippen LogP contribution is -2.10. The van der Waals surface area contributed by atoms with Gasteiger partial charge in [-0.25, -0.2) is 19.7 Å². The van der Waals surface area contributed by atoms with Crippen LogP contribution in [-0.2, 0) is 12.8 Å². The van der Waals surface area contributed by atoms with Crippen LogP contribution < -0.4 is 30.7 Å². The number of anilines is 6. The normalized spacial score (nSPS) is 18.2. The van der Waals surface area contributed by atoms with E-state index < -0.39 is 0 Å². The van der Waals surface area contributed by atoms with Gasteiger partial charge in [0.15, 0.2) is 0 Å². The lowest BCUT2D eigenvalue weighted by Gasteiger charge is -2.16. The van der Waals surface area contributed by atoms with Gasteiger partial charge in [-0.15, -0.1) is 0 Å². The maximum Gasteiger partial charge on any atom is 0.229 e. The summed E-state index contributed by atoms with van der Waals surface area (Å²) in [6, 6.07) is 31.9. The lowest BCUT2D eigenvalue weighted by molar-refractivity contribution is 0.365. The van der Waals surface area contributed by atoms with Crippen LogP contribution in [0.4, 0.5) is 46.3 Å². The van der Waals surface area contributed by atoms with Crippen LogP contribution in [0.25, 0.3) is 9.69 Å². The summed E-state index contributed by atoms with van der Waals surface area (Å²) in [6.07, 6.45) is 11.9. The highest BCUT2D eigenvalue weighted by Gasteiger charge is 2.31. The summed E-state index contributed by atoms with van der Waals surface area (Å²) in [5.74, 6) is 4.48. The smallest absolute Gasteiger partial charge is 0.229 e. The summed E-state index contributed by atoms with van der Waals surface area (Å²) >= 11 is 0. The fourth-order valence-electron chi connectivity index (χ4n) is 8.09. The second kappa shape index (κ2) is 17.4. The SMILES string of the molecule is [C-]#[N+]c1ccc2cc1OC/C=C/CNc1nc(nc3c1CCC3c1ccccc1)N2.[C-]#[N+]c1ccc2cc1OC/C=C\CNc1nc(nc3c1CCC3c1ccccc1)N2. The Bertz CT molecular complexity index is 2480. The molecule has 12 nitrogen and oxygen atoms in total. The van der Waals surface area contributed by atoms with E-state index in [9.17, 15) is 0 Å². The molecule has 2 aromatic heterocycles. The number of nitrogens with zero attached hydrogens (tertiary/aromatic N) is 6. The van der Waals surface area contributed by atoms with Crippen molar-refractivity contribution < 1.29 is 9.47 Å². The van der Waals surface area contributed by atoms with E-state index in [2.05, 4.69) is 79.5 Å². The molecule has 0 amide bonds. The fraction of sp³-hybridized carbons (Fsp3) is 0.208. The van der Waals surface area contributed by atoms with Crippen LogP contribution in [0.1, 0.15) is 58.3 Å². The van der Waals surface area contributed by atoms with Crippen molar-refractivity contribution in [3.05, 3.63) is 178 Å². The van der Waals surface area contributed by atoms with Gasteiger partial charge < -0.3 is 30.7 Å².